The van der Waals surface area contributed by atoms with Crippen LogP contribution in [0.25, 0.3) is 0 Å². The number of pyridine rings is 1. The highest BCUT2D eigenvalue weighted by atomic mass is 19.4. The summed E-state index contributed by atoms with van der Waals surface area (Å²) >= 11 is 0. The highest BCUT2D eigenvalue weighted by Crippen LogP contribution is 2.52. The molecular weight excluding hydrogens is 519 g/mol. The first-order valence-corrected chi connectivity index (χ1v) is 13.1. The second-order valence-corrected chi connectivity index (χ2v) is 11.0. The lowest BCUT2D eigenvalue weighted by Gasteiger charge is -2.41. The van der Waals surface area contributed by atoms with Crippen molar-refractivity contribution in [3.63, 3.8) is 0 Å². The maximum absolute atomic E-state index is 15.2. The number of aromatic nitrogens is 1. The number of nitrogens with zero attached hydrogens (tertiary/aromatic N) is 3. The van der Waals surface area contributed by atoms with Gasteiger partial charge in [0.2, 0.25) is 5.90 Å². The van der Waals surface area contributed by atoms with Crippen molar-refractivity contribution in [2.45, 2.75) is 56.1 Å². The van der Waals surface area contributed by atoms with Crippen molar-refractivity contribution in [2.24, 2.45) is 10.9 Å². The van der Waals surface area contributed by atoms with Gasteiger partial charge in [-0.15, -0.1) is 0 Å². The topological polar surface area (TPSA) is 59.0 Å². The van der Waals surface area contributed by atoms with E-state index in [1.54, 1.807) is 12.1 Å². The summed E-state index contributed by atoms with van der Waals surface area (Å²) in [4.78, 5) is 10.6. The van der Waals surface area contributed by atoms with Crippen molar-refractivity contribution in [3.8, 4) is 0 Å². The molecule has 3 aliphatic heterocycles. The van der Waals surface area contributed by atoms with Crippen molar-refractivity contribution < 1.29 is 31.4 Å². The van der Waals surface area contributed by atoms with Crippen LogP contribution in [0.1, 0.15) is 55.2 Å². The Bertz CT molecular complexity index is 1330. The second kappa shape index (κ2) is 9.55. The molecule has 4 atom stereocenters. The smallest absolute Gasteiger partial charge is 0.422 e. The maximum Gasteiger partial charge on any atom is 0.422 e. The molecule has 11 heteroatoms. The van der Waals surface area contributed by atoms with Gasteiger partial charge >= 0.3 is 6.18 Å². The van der Waals surface area contributed by atoms with Crippen LogP contribution in [0.5, 0.6) is 0 Å². The molecule has 1 aromatic heterocycles. The number of hydrogen-bond acceptors (Lipinski definition) is 6. The Morgan fingerprint density at radius 1 is 1.23 bits per heavy atom. The lowest BCUT2D eigenvalue weighted by atomic mass is 9.93. The number of ether oxygens (including phenoxy) is 2. The maximum atomic E-state index is 15.2. The molecule has 0 radical (unpaired) electrons. The van der Waals surface area contributed by atoms with E-state index in [0.29, 0.717) is 36.3 Å². The number of aliphatic imine (C=N–C) groups is 1. The molecule has 0 bridgehead atoms. The molecule has 6 rings (SSSR count). The van der Waals surface area contributed by atoms with E-state index in [-0.39, 0.29) is 23.8 Å². The molecule has 3 fully saturated rings. The predicted octanol–water partition coefficient (Wildman–Crippen LogP) is 6.01. The number of nitrogens with one attached hydrogen (secondary N) is 1. The van der Waals surface area contributed by atoms with Gasteiger partial charge in [0.25, 0.3) is 5.85 Å². The molecule has 2 unspecified atom stereocenters. The van der Waals surface area contributed by atoms with Gasteiger partial charge < -0.3 is 14.8 Å². The fourth-order valence-corrected chi connectivity index (χ4v) is 6.23. The van der Waals surface area contributed by atoms with Crippen molar-refractivity contribution >= 4 is 11.6 Å². The number of benzene rings is 1. The molecule has 0 spiro atoms. The van der Waals surface area contributed by atoms with Crippen LogP contribution in [0.3, 0.4) is 0 Å². The van der Waals surface area contributed by atoms with Gasteiger partial charge in [-0.3, -0.25) is 9.88 Å². The Hall–Kier alpha value is -3.05. The minimum Gasteiger partial charge on any atom is -0.468 e. The summed E-state index contributed by atoms with van der Waals surface area (Å²) in [6, 6.07) is 7.42. The van der Waals surface area contributed by atoms with E-state index in [4.69, 9.17) is 9.47 Å². The number of rotatable bonds is 6. The second-order valence-electron chi connectivity index (χ2n) is 11.0. The molecule has 0 amide bonds. The normalized spacial score (nSPS) is 31.0. The molecular formula is C28H29F5N4O2. The van der Waals surface area contributed by atoms with E-state index in [9.17, 15) is 17.6 Å². The van der Waals surface area contributed by atoms with Gasteiger partial charge in [0.1, 0.15) is 0 Å². The molecule has 39 heavy (non-hydrogen) atoms. The molecule has 4 aliphatic rings. The summed E-state index contributed by atoms with van der Waals surface area (Å²) in [6.45, 7) is 1.88. The van der Waals surface area contributed by atoms with Gasteiger partial charge in [0, 0.05) is 23.8 Å². The third-order valence-electron chi connectivity index (χ3n) is 8.29. The Morgan fingerprint density at radius 3 is 2.77 bits per heavy atom. The molecule has 2 saturated heterocycles. The van der Waals surface area contributed by atoms with Crippen molar-refractivity contribution in [2.75, 3.05) is 31.6 Å². The summed E-state index contributed by atoms with van der Waals surface area (Å²) in [5.74, 6) is -2.36. The summed E-state index contributed by atoms with van der Waals surface area (Å²) in [7, 11) is 0. The van der Waals surface area contributed by atoms with Crippen molar-refractivity contribution in [1.29, 1.82) is 0 Å². The summed E-state index contributed by atoms with van der Waals surface area (Å²) in [6.07, 6.45) is 1.27. The van der Waals surface area contributed by atoms with Crippen LogP contribution >= 0.6 is 0 Å². The van der Waals surface area contributed by atoms with Crippen LogP contribution in [0.2, 0.25) is 0 Å². The molecule has 4 heterocycles. The minimum atomic E-state index is -4.64. The van der Waals surface area contributed by atoms with E-state index in [0.717, 1.165) is 37.6 Å². The molecule has 1 saturated carbocycles. The average Bonchev–Trinajstić information content (AvgIpc) is 3.35. The minimum absolute atomic E-state index is 0.0279. The third kappa shape index (κ3) is 4.80. The van der Waals surface area contributed by atoms with Crippen LogP contribution in [-0.4, -0.2) is 53.8 Å². The van der Waals surface area contributed by atoms with E-state index < -0.39 is 35.9 Å². The number of alkyl halides is 3. The largest absolute Gasteiger partial charge is 0.468 e. The lowest BCUT2D eigenvalue weighted by Crippen LogP contribution is -2.49. The van der Waals surface area contributed by atoms with E-state index in [1.807, 2.05) is 12.1 Å². The number of hydrogen-bond donors (Lipinski definition) is 1. The third-order valence-corrected chi connectivity index (χ3v) is 8.29. The zero-order valence-electron chi connectivity index (χ0n) is 21.4. The molecule has 1 aliphatic carbocycles. The van der Waals surface area contributed by atoms with Gasteiger partial charge in [-0.25, -0.2) is 8.78 Å². The molecule has 2 aromatic rings. The van der Waals surface area contributed by atoms with Gasteiger partial charge in [0.05, 0.1) is 30.4 Å². The number of fused-ring (bicyclic) bond motifs is 2. The molecule has 1 aromatic carbocycles. The summed E-state index contributed by atoms with van der Waals surface area (Å²) in [5, 5.41) is 3.09. The van der Waals surface area contributed by atoms with Gasteiger partial charge in [-0.1, -0.05) is 31.2 Å². The van der Waals surface area contributed by atoms with Gasteiger partial charge in [0.15, 0.2) is 12.4 Å². The monoisotopic (exact) mass is 548 g/mol. The highest BCUT2D eigenvalue weighted by molar-refractivity contribution is 6.01. The Morgan fingerprint density at radius 2 is 2.03 bits per heavy atom. The zero-order chi connectivity index (χ0) is 27.4. The van der Waals surface area contributed by atoms with Crippen molar-refractivity contribution in [3.05, 3.63) is 71.1 Å². The summed E-state index contributed by atoms with van der Waals surface area (Å²) in [5.41, 5.74) is 1.54. The van der Waals surface area contributed by atoms with Crippen LogP contribution < -0.4 is 5.32 Å². The molecule has 208 valence electrons. The van der Waals surface area contributed by atoms with Crippen LogP contribution in [0, 0.1) is 11.7 Å². The SMILES string of the molecule is C[C@@H]1C[C@@H]1c1ccccc1C1(OCC23CCCN2C/C(=C\F)C3)N=C(OCC(F)(F)F)c2cncc(F)c2N1. The molecule has 6 nitrogen and oxygen atoms in total. The van der Waals surface area contributed by atoms with Gasteiger partial charge in [-0.2, -0.15) is 18.2 Å². The van der Waals surface area contributed by atoms with E-state index in [2.05, 4.69) is 27.1 Å². The first-order chi connectivity index (χ1) is 18.6. The van der Waals surface area contributed by atoms with Crippen LogP contribution in [-0.2, 0) is 15.3 Å². The molecule has 1 N–H and O–H groups in total. The van der Waals surface area contributed by atoms with Gasteiger partial charge in [-0.05, 0) is 55.2 Å². The fraction of sp³-hybridized carbons (Fsp3) is 0.500. The van der Waals surface area contributed by atoms with E-state index >= 15 is 4.39 Å². The van der Waals surface area contributed by atoms with E-state index in [1.165, 1.54) is 6.20 Å². The Kier molecular flexibility index (Phi) is 6.41. The van der Waals surface area contributed by atoms with Crippen LogP contribution in [0.4, 0.5) is 27.6 Å². The Balaban J connectivity index is 1.47. The predicted molar refractivity (Wildman–Crippen MR) is 134 cm³/mol. The highest BCUT2D eigenvalue weighted by Gasteiger charge is 2.51. The standard InChI is InChI=1S/C28H29F5N4O2/c1-17-9-20(17)19-5-2-3-6-22(19)28(39-15-26-7-4-8-37(26)14-18(10-26)11-29)35-24-21(12-34-13-23(24)30)25(36-28)38-16-27(31,32)33/h2-3,5-6,11-13,17,20,35H,4,7-10,14-16H2,1H3/b18-11-/t17-,20+,26?,28?/m1/s1. The summed E-state index contributed by atoms with van der Waals surface area (Å²) < 4.78 is 80.1. The first kappa shape index (κ1) is 26.2. The Labute approximate surface area is 222 Å². The van der Waals surface area contributed by atoms with Crippen LogP contribution in [0.15, 0.2) is 53.6 Å². The zero-order valence-corrected chi connectivity index (χ0v) is 21.4. The number of anilines is 1. The quantitative estimate of drug-likeness (QED) is 0.448. The number of halogens is 5. The first-order valence-electron chi connectivity index (χ1n) is 13.1. The lowest BCUT2D eigenvalue weighted by molar-refractivity contribution is -0.156. The fourth-order valence-electron chi connectivity index (χ4n) is 6.23. The average molecular weight is 549 g/mol. The van der Waals surface area contributed by atoms with Crippen molar-refractivity contribution in [1.82, 2.24) is 9.88 Å².